The van der Waals surface area contributed by atoms with Gasteiger partial charge in [0.15, 0.2) is 0 Å². The molecule has 0 bridgehead atoms. The van der Waals surface area contributed by atoms with Gasteiger partial charge in [0.2, 0.25) is 5.91 Å². The van der Waals surface area contributed by atoms with E-state index >= 15 is 0 Å². The third-order valence-electron chi connectivity index (χ3n) is 4.56. The van der Waals surface area contributed by atoms with Crippen molar-refractivity contribution in [3.05, 3.63) is 60.4 Å². The Kier molecular flexibility index (Phi) is 4.62. The number of carbonyl (C=O) groups excluding carboxylic acids is 1. The topological polar surface area (TPSA) is 46.4 Å². The minimum Gasteiger partial charge on any atom is -0.355 e. The molecule has 0 aliphatic rings. The number of imidazole rings is 1. The van der Waals surface area contributed by atoms with Gasteiger partial charge in [-0.15, -0.1) is 0 Å². The molecule has 3 aromatic rings. The van der Waals surface area contributed by atoms with Gasteiger partial charge in [-0.2, -0.15) is 0 Å². The van der Waals surface area contributed by atoms with Gasteiger partial charge in [-0.3, -0.25) is 9.20 Å². The molecule has 25 heavy (non-hydrogen) atoms. The van der Waals surface area contributed by atoms with Crippen molar-refractivity contribution in [3.8, 4) is 11.3 Å². The number of fused-ring (bicyclic) bond motifs is 1. The Balaban J connectivity index is 1.85. The van der Waals surface area contributed by atoms with Crippen LogP contribution in [0.3, 0.4) is 0 Å². The molecule has 0 aliphatic carbocycles. The largest absolute Gasteiger partial charge is 0.355 e. The van der Waals surface area contributed by atoms with Crippen LogP contribution in [0.25, 0.3) is 16.9 Å². The lowest BCUT2D eigenvalue weighted by Crippen LogP contribution is -2.41. The Morgan fingerprint density at radius 1 is 1.16 bits per heavy atom. The molecule has 0 fully saturated rings. The fourth-order valence-corrected chi connectivity index (χ4v) is 2.85. The van der Waals surface area contributed by atoms with E-state index < -0.39 is 5.41 Å². The first-order valence-electron chi connectivity index (χ1n) is 8.71. The van der Waals surface area contributed by atoms with Crippen LogP contribution in [0, 0.1) is 5.92 Å². The second-order valence-electron chi connectivity index (χ2n) is 7.38. The molecule has 130 valence electrons. The SMILES string of the molecule is CC(C)CNC(=O)C(C)(C)c1ccc(-c2cnc3ccccn23)cc1. The Morgan fingerprint density at radius 2 is 1.88 bits per heavy atom. The first-order chi connectivity index (χ1) is 11.9. The third-order valence-corrected chi connectivity index (χ3v) is 4.56. The average molecular weight is 335 g/mol. The van der Waals surface area contributed by atoms with Crippen molar-refractivity contribution in [2.75, 3.05) is 6.54 Å². The second kappa shape index (κ2) is 6.71. The summed E-state index contributed by atoms with van der Waals surface area (Å²) in [4.78, 5) is 17.0. The number of hydrogen-bond donors (Lipinski definition) is 1. The van der Waals surface area contributed by atoms with E-state index in [0.717, 1.165) is 22.5 Å². The van der Waals surface area contributed by atoms with Gasteiger partial charge >= 0.3 is 0 Å². The summed E-state index contributed by atoms with van der Waals surface area (Å²) in [5, 5.41) is 3.03. The summed E-state index contributed by atoms with van der Waals surface area (Å²) < 4.78 is 2.06. The van der Waals surface area contributed by atoms with E-state index in [9.17, 15) is 4.79 Å². The highest BCUT2D eigenvalue weighted by Gasteiger charge is 2.29. The van der Waals surface area contributed by atoms with Gasteiger partial charge in [0.05, 0.1) is 17.3 Å². The van der Waals surface area contributed by atoms with Crippen LogP contribution in [0.5, 0.6) is 0 Å². The maximum atomic E-state index is 12.5. The van der Waals surface area contributed by atoms with Crippen molar-refractivity contribution in [1.29, 1.82) is 0 Å². The van der Waals surface area contributed by atoms with Crippen LogP contribution >= 0.6 is 0 Å². The number of carbonyl (C=O) groups is 1. The summed E-state index contributed by atoms with van der Waals surface area (Å²) >= 11 is 0. The number of aromatic nitrogens is 2. The zero-order valence-corrected chi connectivity index (χ0v) is 15.3. The van der Waals surface area contributed by atoms with E-state index in [0.29, 0.717) is 12.5 Å². The van der Waals surface area contributed by atoms with Crippen LogP contribution in [-0.2, 0) is 10.2 Å². The summed E-state index contributed by atoms with van der Waals surface area (Å²) in [7, 11) is 0. The minimum atomic E-state index is -0.563. The molecule has 3 rings (SSSR count). The van der Waals surface area contributed by atoms with Gasteiger partial charge < -0.3 is 5.32 Å². The molecule has 1 aromatic carbocycles. The predicted octanol–water partition coefficient (Wildman–Crippen LogP) is 4.05. The number of amides is 1. The molecule has 0 saturated carbocycles. The number of nitrogens with one attached hydrogen (secondary N) is 1. The Bertz CT molecular complexity index is 876. The normalized spacial score (nSPS) is 11.9. The molecule has 0 aliphatic heterocycles. The highest BCUT2D eigenvalue weighted by Crippen LogP contribution is 2.27. The van der Waals surface area contributed by atoms with Gasteiger partial charge in [-0.25, -0.2) is 4.98 Å². The maximum Gasteiger partial charge on any atom is 0.230 e. The first kappa shape index (κ1) is 17.2. The fourth-order valence-electron chi connectivity index (χ4n) is 2.85. The van der Waals surface area contributed by atoms with Crippen LogP contribution in [0.15, 0.2) is 54.9 Å². The molecule has 0 saturated heterocycles. The third kappa shape index (κ3) is 3.43. The second-order valence-corrected chi connectivity index (χ2v) is 7.38. The summed E-state index contributed by atoms with van der Waals surface area (Å²) in [5.74, 6) is 0.501. The van der Waals surface area contributed by atoms with Gasteiger partial charge in [-0.05, 0) is 37.5 Å². The number of pyridine rings is 1. The lowest BCUT2D eigenvalue weighted by Gasteiger charge is -2.25. The highest BCUT2D eigenvalue weighted by molar-refractivity contribution is 5.87. The number of rotatable bonds is 5. The van der Waals surface area contributed by atoms with Gasteiger partial charge in [0, 0.05) is 18.3 Å². The molecular weight excluding hydrogens is 310 g/mol. The van der Waals surface area contributed by atoms with Gasteiger partial charge in [-0.1, -0.05) is 44.2 Å². The summed E-state index contributed by atoms with van der Waals surface area (Å²) in [6.07, 6.45) is 3.89. The summed E-state index contributed by atoms with van der Waals surface area (Å²) in [6, 6.07) is 14.1. The zero-order valence-electron chi connectivity index (χ0n) is 15.3. The van der Waals surface area contributed by atoms with E-state index in [1.807, 2.05) is 56.6 Å². The minimum absolute atomic E-state index is 0.0590. The molecule has 1 N–H and O–H groups in total. The highest BCUT2D eigenvalue weighted by atomic mass is 16.2. The Labute approximate surface area is 148 Å². The van der Waals surface area contributed by atoms with Crippen molar-refractivity contribution in [2.45, 2.75) is 33.1 Å². The summed E-state index contributed by atoms with van der Waals surface area (Å²) in [6.45, 7) is 8.82. The van der Waals surface area contributed by atoms with Crippen LogP contribution in [-0.4, -0.2) is 21.8 Å². The van der Waals surface area contributed by atoms with Crippen molar-refractivity contribution in [1.82, 2.24) is 14.7 Å². The molecule has 4 nitrogen and oxygen atoms in total. The Hall–Kier alpha value is -2.62. The molecule has 2 heterocycles. The standard InChI is InChI=1S/C21H25N3O/c1-15(2)13-23-20(25)21(3,4)17-10-8-16(9-11-17)18-14-22-19-7-5-6-12-24(18)19/h5-12,14-15H,13H2,1-4H3,(H,23,25). The van der Waals surface area contributed by atoms with Gasteiger partial charge in [0.1, 0.15) is 5.65 Å². The number of hydrogen-bond acceptors (Lipinski definition) is 2. The van der Waals surface area contributed by atoms with Crippen LogP contribution in [0.1, 0.15) is 33.3 Å². The molecule has 0 unspecified atom stereocenters. The molecule has 0 spiro atoms. The molecule has 4 heteroatoms. The molecule has 0 atom stereocenters. The zero-order chi connectivity index (χ0) is 18.0. The van der Waals surface area contributed by atoms with Crippen LogP contribution in [0.2, 0.25) is 0 Å². The number of nitrogens with zero attached hydrogens (tertiary/aromatic N) is 2. The molecule has 0 radical (unpaired) electrons. The van der Waals surface area contributed by atoms with Crippen molar-refractivity contribution < 1.29 is 4.79 Å². The van der Waals surface area contributed by atoms with Crippen molar-refractivity contribution in [3.63, 3.8) is 0 Å². The van der Waals surface area contributed by atoms with Crippen molar-refractivity contribution in [2.24, 2.45) is 5.92 Å². The lowest BCUT2D eigenvalue weighted by molar-refractivity contribution is -0.125. The quantitative estimate of drug-likeness (QED) is 0.764. The smallest absolute Gasteiger partial charge is 0.230 e. The van der Waals surface area contributed by atoms with E-state index in [1.54, 1.807) is 0 Å². The van der Waals surface area contributed by atoms with Gasteiger partial charge in [0.25, 0.3) is 0 Å². The first-order valence-corrected chi connectivity index (χ1v) is 8.71. The maximum absolute atomic E-state index is 12.5. The average Bonchev–Trinajstić information content (AvgIpc) is 3.03. The molecular formula is C21H25N3O. The summed E-state index contributed by atoms with van der Waals surface area (Å²) in [5.41, 5.74) is 3.50. The Morgan fingerprint density at radius 3 is 2.56 bits per heavy atom. The molecule has 2 aromatic heterocycles. The van der Waals surface area contributed by atoms with Crippen molar-refractivity contribution >= 4 is 11.6 Å². The monoisotopic (exact) mass is 335 g/mol. The van der Waals surface area contributed by atoms with E-state index in [-0.39, 0.29) is 5.91 Å². The van der Waals surface area contributed by atoms with E-state index in [4.69, 9.17) is 0 Å². The van der Waals surface area contributed by atoms with Crippen LogP contribution in [0.4, 0.5) is 0 Å². The van der Waals surface area contributed by atoms with E-state index in [2.05, 4.69) is 40.7 Å². The number of benzene rings is 1. The predicted molar refractivity (Wildman–Crippen MR) is 102 cm³/mol. The van der Waals surface area contributed by atoms with Crippen LogP contribution < -0.4 is 5.32 Å². The fraction of sp³-hybridized carbons (Fsp3) is 0.333. The molecule has 1 amide bonds. The lowest BCUT2D eigenvalue weighted by atomic mass is 9.83. The van der Waals surface area contributed by atoms with E-state index in [1.165, 1.54) is 0 Å².